The molecular weight excluding hydrogens is 538 g/mol. The maximum Gasteiger partial charge on any atom is 0.282 e. The average Bonchev–Trinajstić information content (AvgIpc) is 2.95. The molecular formula is C33H30ClN3O2S. The highest BCUT2D eigenvalue weighted by molar-refractivity contribution is 7.99. The van der Waals surface area contributed by atoms with Crippen LogP contribution in [0.2, 0.25) is 5.02 Å². The topological polar surface area (TPSA) is 56.5 Å². The molecule has 0 aliphatic heterocycles. The molecule has 0 fully saturated rings. The van der Waals surface area contributed by atoms with Crippen molar-refractivity contribution in [1.82, 2.24) is 9.66 Å². The Morgan fingerprint density at radius 2 is 1.68 bits per heavy atom. The first-order chi connectivity index (χ1) is 19.3. The van der Waals surface area contributed by atoms with Crippen LogP contribution in [-0.2, 0) is 0 Å². The number of aromatic nitrogens is 2. The van der Waals surface area contributed by atoms with E-state index in [-0.39, 0.29) is 11.5 Å². The molecule has 0 aliphatic carbocycles. The van der Waals surface area contributed by atoms with E-state index in [9.17, 15) is 4.79 Å². The molecule has 5 aromatic rings. The summed E-state index contributed by atoms with van der Waals surface area (Å²) in [7, 11) is 0. The second-order valence-corrected chi connectivity index (χ2v) is 11.3. The van der Waals surface area contributed by atoms with Crippen molar-refractivity contribution in [1.29, 1.82) is 0 Å². The summed E-state index contributed by atoms with van der Waals surface area (Å²) in [5, 5.41) is 5.90. The standard InChI is InChI=1S/C33H30ClN3O2S/c1-5-39-31-18-22(4)29(19-28(31)21(2)3)32-36-30-9-7-6-8-27(30)33(38)37(32)35-20-23-10-14-25(15-11-23)40-26-16-12-24(34)13-17-26/h6-21H,5H2,1-4H3. The van der Waals surface area contributed by atoms with Gasteiger partial charge in [0, 0.05) is 20.4 Å². The Morgan fingerprint density at radius 1 is 1.00 bits per heavy atom. The number of aryl methyl sites for hydroxylation is 1. The zero-order valence-electron chi connectivity index (χ0n) is 22.9. The van der Waals surface area contributed by atoms with Crippen molar-refractivity contribution in [3.05, 3.63) is 117 Å². The summed E-state index contributed by atoms with van der Waals surface area (Å²) in [6, 6.07) is 27.3. The van der Waals surface area contributed by atoms with Crippen LogP contribution in [0.4, 0.5) is 0 Å². The minimum absolute atomic E-state index is 0.217. The molecule has 0 N–H and O–H groups in total. The first-order valence-electron chi connectivity index (χ1n) is 13.2. The average molecular weight is 568 g/mol. The molecule has 7 heteroatoms. The second kappa shape index (κ2) is 12.1. The summed E-state index contributed by atoms with van der Waals surface area (Å²) in [5.74, 6) is 1.58. The number of para-hydroxylation sites is 1. The van der Waals surface area contributed by atoms with Gasteiger partial charge in [-0.05, 0) is 97.1 Å². The van der Waals surface area contributed by atoms with Gasteiger partial charge in [-0.25, -0.2) is 4.98 Å². The van der Waals surface area contributed by atoms with E-state index in [4.69, 9.17) is 21.3 Å². The van der Waals surface area contributed by atoms with E-state index >= 15 is 0 Å². The van der Waals surface area contributed by atoms with Gasteiger partial charge in [0.15, 0.2) is 5.82 Å². The van der Waals surface area contributed by atoms with Crippen molar-refractivity contribution in [2.45, 2.75) is 43.4 Å². The molecule has 0 saturated heterocycles. The number of fused-ring (bicyclic) bond motifs is 1. The Balaban J connectivity index is 1.56. The number of ether oxygens (including phenoxy) is 1. The van der Waals surface area contributed by atoms with Gasteiger partial charge in [0.05, 0.1) is 23.7 Å². The van der Waals surface area contributed by atoms with Crippen LogP contribution in [-0.4, -0.2) is 22.5 Å². The molecule has 202 valence electrons. The van der Waals surface area contributed by atoms with E-state index < -0.39 is 0 Å². The highest BCUT2D eigenvalue weighted by Crippen LogP contribution is 2.34. The van der Waals surface area contributed by atoms with Crippen molar-refractivity contribution in [3.63, 3.8) is 0 Å². The Hall–Kier alpha value is -3.87. The summed E-state index contributed by atoms with van der Waals surface area (Å²) >= 11 is 7.66. The molecule has 0 saturated carbocycles. The van der Waals surface area contributed by atoms with Gasteiger partial charge in [-0.3, -0.25) is 4.79 Å². The Bertz CT molecular complexity index is 1740. The molecule has 5 nitrogen and oxygen atoms in total. The van der Waals surface area contributed by atoms with Crippen LogP contribution in [0.1, 0.15) is 43.4 Å². The third-order valence-electron chi connectivity index (χ3n) is 6.53. The first-order valence-corrected chi connectivity index (χ1v) is 14.4. The van der Waals surface area contributed by atoms with E-state index in [0.29, 0.717) is 23.3 Å². The molecule has 0 spiro atoms. The Labute approximate surface area is 243 Å². The van der Waals surface area contributed by atoms with E-state index in [1.165, 1.54) is 4.68 Å². The number of hydrogen-bond donors (Lipinski definition) is 0. The van der Waals surface area contributed by atoms with Crippen molar-refractivity contribution >= 4 is 40.5 Å². The van der Waals surface area contributed by atoms with Crippen molar-refractivity contribution in [2.75, 3.05) is 6.61 Å². The van der Waals surface area contributed by atoms with E-state index in [1.54, 1.807) is 24.0 Å². The fraction of sp³-hybridized carbons (Fsp3) is 0.182. The lowest BCUT2D eigenvalue weighted by Crippen LogP contribution is -2.20. The SMILES string of the molecule is CCOc1cc(C)c(-c2nc3ccccc3c(=O)n2N=Cc2ccc(Sc3ccc(Cl)cc3)cc2)cc1C(C)C. The Morgan fingerprint density at radius 3 is 2.35 bits per heavy atom. The van der Waals surface area contributed by atoms with Gasteiger partial charge < -0.3 is 4.74 Å². The first kappa shape index (κ1) is 27.7. The van der Waals surface area contributed by atoms with Crippen molar-refractivity contribution < 1.29 is 4.74 Å². The molecule has 0 atom stereocenters. The van der Waals surface area contributed by atoms with Gasteiger partial charge >= 0.3 is 0 Å². The van der Waals surface area contributed by atoms with E-state index in [1.807, 2.05) is 86.6 Å². The lowest BCUT2D eigenvalue weighted by molar-refractivity contribution is 0.335. The molecule has 0 aliphatic rings. The van der Waals surface area contributed by atoms with Crippen LogP contribution in [0.5, 0.6) is 5.75 Å². The zero-order valence-corrected chi connectivity index (χ0v) is 24.5. The highest BCUT2D eigenvalue weighted by atomic mass is 35.5. The van der Waals surface area contributed by atoms with Crippen LogP contribution < -0.4 is 10.3 Å². The normalized spacial score (nSPS) is 11.6. The van der Waals surface area contributed by atoms with Crippen LogP contribution in [0.25, 0.3) is 22.3 Å². The van der Waals surface area contributed by atoms with Gasteiger partial charge in [0.2, 0.25) is 0 Å². The lowest BCUT2D eigenvalue weighted by Gasteiger charge is -2.18. The van der Waals surface area contributed by atoms with Gasteiger partial charge in [0.1, 0.15) is 5.75 Å². The predicted octanol–water partition coefficient (Wildman–Crippen LogP) is 8.58. The van der Waals surface area contributed by atoms with Gasteiger partial charge in [-0.1, -0.05) is 61.5 Å². The maximum absolute atomic E-state index is 13.7. The molecule has 4 aromatic carbocycles. The minimum Gasteiger partial charge on any atom is -0.494 e. The van der Waals surface area contributed by atoms with Crippen LogP contribution in [0.3, 0.4) is 0 Å². The maximum atomic E-state index is 13.7. The van der Waals surface area contributed by atoms with Gasteiger partial charge in [-0.15, -0.1) is 0 Å². The molecule has 0 unspecified atom stereocenters. The number of halogens is 1. The van der Waals surface area contributed by atoms with E-state index in [2.05, 4.69) is 25.0 Å². The number of nitrogens with zero attached hydrogens (tertiary/aromatic N) is 3. The largest absolute Gasteiger partial charge is 0.494 e. The quantitative estimate of drug-likeness (QED) is 0.176. The summed E-state index contributed by atoms with van der Waals surface area (Å²) in [4.78, 5) is 20.8. The fourth-order valence-corrected chi connectivity index (χ4v) is 5.40. The molecule has 1 heterocycles. The third kappa shape index (κ3) is 5.98. The summed E-state index contributed by atoms with van der Waals surface area (Å²) in [5.41, 5.74) is 4.17. The third-order valence-corrected chi connectivity index (χ3v) is 7.79. The smallest absolute Gasteiger partial charge is 0.282 e. The molecule has 0 amide bonds. The number of rotatable bonds is 8. The summed E-state index contributed by atoms with van der Waals surface area (Å²) in [6.07, 6.45) is 1.70. The fourth-order valence-electron chi connectivity index (χ4n) is 4.46. The molecule has 0 radical (unpaired) electrons. The lowest BCUT2D eigenvalue weighted by atomic mass is 9.96. The zero-order chi connectivity index (χ0) is 28.2. The summed E-state index contributed by atoms with van der Waals surface area (Å²) < 4.78 is 7.33. The van der Waals surface area contributed by atoms with Gasteiger partial charge in [0.25, 0.3) is 5.56 Å². The van der Waals surface area contributed by atoms with Crippen molar-refractivity contribution in [3.8, 4) is 17.1 Å². The van der Waals surface area contributed by atoms with Crippen LogP contribution >= 0.6 is 23.4 Å². The highest BCUT2D eigenvalue weighted by Gasteiger charge is 2.18. The molecule has 1 aromatic heterocycles. The molecule has 5 rings (SSSR count). The van der Waals surface area contributed by atoms with Crippen LogP contribution in [0, 0.1) is 6.92 Å². The van der Waals surface area contributed by atoms with Gasteiger partial charge in [-0.2, -0.15) is 9.78 Å². The van der Waals surface area contributed by atoms with Crippen molar-refractivity contribution in [2.24, 2.45) is 5.10 Å². The summed E-state index contributed by atoms with van der Waals surface area (Å²) in [6.45, 7) is 8.83. The number of hydrogen-bond acceptors (Lipinski definition) is 5. The minimum atomic E-state index is -0.217. The van der Waals surface area contributed by atoms with E-state index in [0.717, 1.165) is 42.8 Å². The predicted molar refractivity (Wildman–Crippen MR) is 166 cm³/mol. The molecule has 0 bridgehead atoms. The van der Waals surface area contributed by atoms with Crippen LogP contribution in [0.15, 0.2) is 105 Å². The monoisotopic (exact) mass is 567 g/mol. The Kier molecular flexibility index (Phi) is 8.38. The second-order valence-electron chi connectivity index (χ2n) is 9.73. The number of benzene rings is 4. The molecule has 40 heavy (non-hydrogen) atoms.